The molecule has 1 fully saturated rings. The highest BCUT2D eigenvalue weighted by atomic mass is 16.5. The zero-order chi connectivity index (χ0) is 19.7. The second kappa shape index (κ2) is 7.17. The molecule has 0 spiro atoms. The molecule has 1 aliphatic heterocycles. The van der Waals surface area contributed by atoms with Gasteiger partial charge < -0.3 is 20.7 Å². The topological polar surface area (TPSA) is 116 Å². The number of hydrogen-bond donors (Lipinski definition) is 3. The Morgan fingerprint density at radius 2 is 2.18 bits per heavy atom. The predicted octanol–water partition coefficient (Wildman–Crippen LogP) is 2.42. The van der Waals surface area contributed by atoms with Crippen LogP contribution in [-0.4, -0.2) is 39.8 Å². The third-order valence-electron chi connectivity index (χ3n) is 4.40. The van der Waals surface area contributed by atoms with Crippen molar-refractivity contribution in [3.05, 3.63) is 41.6 Å². The van der Waals surface area contributed by atoms with Gasteiger partial charge in [0.2, 0.25) is 5.91 Å². The molecular formula is C19H19N7O2. The van der Waals surface area contributed by atoms with Crippen LogP contribution in [0.1, 0.15) is 18.1 Å². The van der Waals surface area contributed by atoms with Gasteiger partial charge >= 0.3 is 0 Å². The van der Waals surface area contributed by atoms with E-state index >= 15 is 0 Å². The maximum absolute atomic E-state index is 11.4. The van der Waals surface area contributed by atoms with Gasteiger partial charge in [-0.3, -0.25) is 4.79 Å². The van der Waals surface area contributed by atoms with E-state index in [2.05, 4.69) is 32.1 Å². The van der Waals surface area contributed by atoms with Crippen LogP contribution in [0.15, 0.2) is 30.5 Å². The molecule has 2 aromatic heterocycles. The van der Waals surface area contributed by atoms with Crippen molar-refractivity contribution in [1.29, 1.82) is 5.26 Å². The molecule has 1 amide bonds. The average Bonchev–Trinajstić information content (AvgIpc) is 3.03. The molecule has 4 rings (SSSR count). The lowest BCUT2D eigenvalue weighted by Gasteiger charge is -2.28. The number of aryl methyl sites for hydroxylation is 1. The molecule has 9 nitrogen and oxygen atoms in total. The maximum atomic E-state index is 11.4. The largest absolute Gasteiger partial charge is 0.377 e. The number of carbonyl (C=O) groups excluding carboxylic acids is 1. The van der Waals surface area contributed by atoms with Crippen molar-refractivity contribution >= 4 is 34.6 Å². The molecule has 142 valence electrons. The Bertz CT molecular complexity index is 1100. The summed E-state index contributed by atoms with van der Waals surface area (Å²) < 4.78 is 6.83. The molecule has 0 radical (unpaired) electrons. The van der Waals surface area contributed by atoms with Gasteiger partial charge in [-0.05, 0) is 24.6 Å². The van der Waals surface area contributed by atoms with Crippen LogP contribution in [0.4, 0.5) is 23.0 Å². The van der Waals surface area contributed by atoms with E-state index in [9.17, 15) is 10.1 Å². The van der Waals surface area contributed by atoms with Crippen molar-refractivity contribution < 1.29 is 9.53 Å². The zero-order valence-corrected chi connectivity index (χ0v) is 15.5. The van der Waals surface area contributed by atoms with Gasteiger partial charge in [-0.25, -0.2) is 4.98 Å². The summed E-state index contributed by atoms with van der Waals surface area (Å²) in [5.74, 6) is 1.15. The number of carbonyl (C=O) groups is 1. The number of hydrogen-bond acceptors (Lipinski definition) is 7. The highest BCUT2D eigenvalue weighted by molar-refractivity contribution is 5.90. The Morgan fingerprint density at radius 1 is 1.36 bits per heavy atom. The molecule has 0 bridgehead atoms. The first-order chi connectivity index (χ1) is 13.5. The number of amides is 1. The molecule has 3 N–H and O–H groups in total. The van der Waals surface area contributed by atoms with Crippen LogP contribution in [0.2, 0.25) is 0 Å². The average molecular weight is 377 g/mol. The van der Waals surface area contributed by atoms with Crippen LogP contribution >= 0.6 is 0 Å². The Kier molecular flexibility index (Phi) is 4.55. The number of fused-ring (bicyclic) bond motifs is 1. The van der Waals surface area contributed by atoms with Gasteiger partial charge in [-0.15, -0.1) is 0 Å². The minimum Gasteiger partial charge on any atom is -0.377 e. The maximum Gasteiger partial charge on any atom is 0.221 e. The number of aromatic nitrogens is 3. The van der Waals surface area contributed by atoms with Crippen molar-refractivity contribution in [2.75, 3.05) is 29.2 Å². The molecule has 0 saturated carbocycles. The first-order valence-electron chi connectivity index (χ1n) is 8.82. The van der Waals surface area contributed by atoms with Gasteiger partial charge in [0.05, 0.1) is 25.5 Å². The lowest BCUT2D eigenvalue weighted by Crippen LogP contribution is -2.40. The van der Waals surface area contributed by atoms with Crippen LogP contribution in [0.5, 0.6) is 0 Å². The lowest BCUT2D eigenvalue weighted by atomic mass is 10.1. The molecule has 3 aromatic rings. The van der Waals surface area contributed by atoms with E-state index in [-0.39, 0.29) is 11.9 Å². The molecule has 0 atom stereocenters. The van der Waals surface area contributed by atoms with Crippen LogP contribution in [-0.2, 0) is 9.53 Å². The summed E-state index contributed by atoms with van der Waals surface area (Å²) in [6.07, 6.45) is 1.50. The summed E-state index contributed by atoms with van der Waals surface area (Å²) in [4.78, 5) is 15.9. The fraction of sp³-hybridized carbons (Fsp3) is 0.263. The van der Waals surface area contributed by atoms with E-state index in [1.165, 1.54) is 13.1 Å². The lowest BCUT2D eigenvalue weighted by molar-refractivity contribution is -0.114. The third kappa shape index (κ3) is 3.45. The second-order valence-corrected chi connectivity index (χ2v) is 6.65. The number of anilines is 4. The van der Waals surface area contributed by atoms with Crippen LogP contribution in [0.25, 0.3) is 5.65 Å². The summed E-state index contributed by atoms with van der Waals surface area (Å²) in [5.41, 5.74) is 3.30. The summed E-state index contributed by atoms with van der Waals surface area (Å²) in [5, 5.41) is 23.0. The summed E-state index contributed by atoms with van der Waals surface area (Å²) in [6, 6.07) is 9.80. The molecule has 0 aliphatic carbocycles. The summed E-state index contributed by atoms with van der Waals surface area (Å²) in [6.45, 7) is 4.64. The number of benzene rings is 1. The molecule has 3 heterocycles. The Balaban J connectivity index is 1.70. The summed E-state index contributed by atoms with van der Waals surface area (Å²) >= 11 is 0. The minimum atomic E-state index is -0.132. The van der Waals surface area contributed by atoms with Crippen molar-refractivity contribution in [2.45, 2.75) is 19.9 Å². The van der Waals surface area contributed by atoms with Crippen molar-refractivity contribution in [3.8, 4) is 6.07 Å². The first-order valence-corrected chi connectivity index (χ1v) is 8.82. The van der Waals surface area contributed by atoms with Gasteiger partial charge in [0.25, 0.3) is 0 Å². The number of nitrogens with zero attached hydrogens (tertiary/aromatic N) is 4. The second-order valence-electron chi connectivity index (χ2n) is 6.65. The number of nitrogens with one attached hydrogen (secondary N) is 3. The van der Waals surface area contributed by atoms with Gasteiger partial charge in [0.1, 0.15) is 23.3 Å². The molecule has 1 aromatic carbocycles. The Morgan fingerprint density at radius 3 is 2.86 bits per heavy atom. The SMILES string of the molecule is CC(=O)Nc1cc(Nc2cc(NC3COC3)n3ncc(C#N)c3n2)ccc1C. The standard InChI is InChI=1S/C19H19N7O2/c1-11-3-4-14(5-16(11)22-12(2)27)23-17-6-18(24-15-9-28-10-15)26-19(25-17)13(7-20)8-21-26/h3-6,8,15,24H,9-10H2,1-2H3,(H,22,27)(H,23,25). The fourth-order valence-electron chi connectivity index (χ4n) is 2.91. The fourth-order valence-corrected chi connectivity index (χ4v) is 2.91. The smallest absolute Gasteiger partial charge is 0.221 e. The number of ether oxygens (including phenoxy) is 1. The zero-order valence-electron chi connectivity index (χ0n) is 15.5. The van der Waals surface area contributed by atoms with Crippen LogP contribution in [0, 0.1) is 18.3 Å². The van der Waals surface area contributed by atoms with E-state index in [0.717, 1.165) is 22.8 Å². The molecule has 0 unspecified atom stereocenters. The van der Waals surface area contributed by atoms with Crippen molar-refractivity contribution in [1.82, 2.24) is 14.6 Å². The molecule has 1 saturated heterocycles. The van der Waals surface area contributed by atoms with Gasteiger partial charge in [0.15, 0.2) is 5.65 Å². The quantitative estimate of drug-likeness (QED) is 0.625. The van der Waals surface area contributed by atoms with Gasteiger partial charge in [-0.2, -0.15) is 14.9 Å². The molecular weight excluding hydrogens is 358 g/mol. The third-order valence-corrected chi connectivity index (χ3v) is 4.40. The highest BCUT2D eigenvalue weighted by Crippen LogP contribution is 2.26. The van der Waals surface area contributed by atoms with E-state index < -0.39 is 0 Å². The minimum absolute atomic E-state index is 0.132. The molecule has 1 aliphatic rings. The monoisotopic (exact) mass is 377 g/mol. The van der Waals surface area contributed by atoms with E-state index in [4.69, 9.17) is 4.74 Å². The number of rotatable bonds is 5. The van der Waals surface area contributed by atoms with Crippen molar-refractivity contribution in [2.24, 2.45) is 0 Å². The van der Waals surface area contributed by atoms with E-state index in [1.807, 2.05) is 31.2 Å². The van der Waals surface area contributed by atoms with E-state index in [1.54, 1.807) is 4.52 Å². The van der Waals surface area contributed by atoms with Crippen LogP contribution in [0.3, 0.4) is 0 Å². The van der Waals surface area contributed by atoms with Crippen molar-refractivity contribution in [3.63, 3.8) is 0 Å². The predicted molar refractivity (Wildman–Crippen MR) is 105 cm³/mol. The Hall–Kier alpha value is -3.64. The first kappa shape index (κ1) is 17.8. The highest BCUT2D eigenvalue weighted by Gasteiger charge is 2.20. The van der Waals surface area contributed by atoms with Gasteiger partial charge in [-0.1, -0.05) is 6.07 Å². The normalized spacial score (nSPS) is 13.6. The van der Waals surface area contributed by atoms with E-state index in [0.29, 0.717) is 30.2 Å². The van der Waals surface area contributed by atoms with Gasteiger partial charge in [0, 0.05) is 24.4 Å². The van der Waals surface area contributed by atoms with Crippen LogP contribution < -0.4 is 16.0 Å². The number of nitriles is 1. The molecule has 28 heavy (non-hydrogen) atoms. The summed E-state index contributed by atoms with van der Waals surface area (Å²) in [7, 11) is 0. The molecule has 9 heteroatoms. The Labute approximate surface area is 161 Å².